The smallest absolute Gasteiger partial charge is 0.326 e. The normalized spacial score (nSPS) is 16.0. The number of nitrogens with one attached hydrogen (secondary N) is 1. The van der Waals surface area contributed by atoms with E-state index in [4.69, 9.17) is 11.6 Å². The number of carbonyl (C=O) groups excluding carboxylic acids is 1. The molecule has 5 nitrogen and oxygen atoms in total. The summed E-state index contributed by atoms with van der Waals surface area (Å²) in [5.41, 5.74) is 1.52. The van der Waals surface area contributed by atoms with Gasteiger partial charge in [-0.3, -0.25) is 9.36 Å². The average Bonchev–Trinajstić information content (AvgIpc) is 2.87. The molecule has 1 aliphatic rings. The highest BCUT2D eigenvalue weighted by Crippen LogP contribution is 2.26. The summed E-state index contributed by atoms with van der Waals surface area (Å²) in [6.45, 7) is 5.02. The van der Waals surface area contributed by atoms with Gasteiger partial charge in [-0.25, -0.2) is 4.79 Å². The van der Waals surface area contributed by atoms with Crippen molar-refractivity contribution in [3.8, 4) is 0 Å². The van der Waals surface area contributed by atoms with Crippen LogP contribution in [0.1, 0.15) is 31.7 Å². The number of aromatic amines is 1. The van der Waals surface area contributed by atoms with Crippen LogP contribution < -0.4 is 5.69 Å². The number of fused-ring (bicyclic) bond motifs is 1. The molecule has 23 heavy (non-hydrogen) atoms. The molecule has 0 radical (unpaired) electrons. The third kappa shape index (κ3) is 3.20. The fourth-order valence-electron chi connectivity index (χ4n) is 3.22. The summed E-state index contributed by atoms with van der Waals surface area (Å²) in [6.07, 6.45) is 4.56. The van der Waals surface area contributed by atoms with E-state index in [0.717, 1.165) is 23.9 Å². The van der Waals surface area contributed by atoms with E-state index in [1.807, 2.05) is 11.0 Å². The van der Waals surface area contributed by atoms with Crippen LogP contribution in [0.25, 0.3) is 11.0 Å². The zero-order valence-electron chi connectivity index (χ0n) is 12.9. The number of amides is 1. The number of halogens is 1. The molecule has 122 valence electrons. The molecule has 1 aliphatic heterocycles. The van der Waals surface area contributed by atoms with Gasteiger partial charge >= 0.3 is 5.69 Å². The highest BCUT2D eigenvalue weighted by atomic mass is 35.5. The second-order valence-electron chi connectivity index (χ2n) is 5.90. The number of likely N-dealkylation sites (tertiary alicyclic amines) is 1. The maximum absolute atomic E-state index is 12.3. The van der Waals surface area contributed by atoms with Crippen molar-refractivity contribution < 1.29 is 4.79 Å². The molecule has 2 heterocycles. The Hall–Kier alpha value is -2.01. The number of hydrogen-bond acceptors (Lipinski definition) is 2. The third-order valence-corrected chi connectivity index (χ3v) is 4.66. The molecule has 3 rings (SSSR count). The Labute approximate surface area is 139 Å². The minimum absolute atomic E-state index is 0.112. The molecule has 0 bridgehead atoms. The molecular weight excluding hydrogens is 314 g/mol. The summed E-state index contributed by atoms with van der Waals surface area (Å²) in [5.74, 6) is 0.168. The molecule has 0 spiro atoms. The van der Waals surface area contributed by atoms with Gasteiger partial charge in [0.2, 0.25) is 5.91 Å². The molecule has 0 aliphatic carbocycles. The quantitative estimate of drug-likeness (QED) is 0.874. The number of piperidine rings is 1. The SMILES string of the molecule is C=CCCC(=O)N1CCC(n2c(=O)[nH]c3cc(Cl)ccc32)CC1. The molecule has 1 fully saturated rings. The van der Waals surface area contributed by atoms with E-state index < -0.39 is 0 Å². The molecular formula is C17H20ClN3O2. The lowest BCUT2D eigenvalue weighted by Crippen LogP contribution is -2.40. The van der Waals surface area contributed by atoms with Gasteiger partial charge in [0.25, 0.3) is 0 Å². The van der Waals surface area contributed by atoms with Crippen molar-refractivity contribution in [3.63, 3.8) is 0 Å². The standard InChI is InChI=1S/C17H20ClN3O2/c1-2-3-4-16(22)20-9-7-13(8-10-20)21-15-6-5-12(18)11-14(15)19-17(21)23/h2,5-6,11,13H,1,3-4,7-10H2,(H,19,23). The summed E-state index contributed by atoms with van der Waals surface area (Å²) >= 11 is 5.98. The average molecular weight is 334 g/mol. The Morgan fingerprint density at radius 1 is 1.39 bits per heavy atom. The van der Waals surface area contributed by atoms with Crippen LogP contribution in [0.4, 0.5) is 0 Å². The summed E-state index contributed by atoms with van der Waals surface area (Å²) in [4.78, 5) is 29.1. The van der Waals surface area contributed by atoms with Gasteiger partial charge in [0, 0.05) is 30.6 Å². The van der Waals surface area contributed by atoms with E-state index >= 15 is 0 Å². The Balaban J connectivity index is 1.75. The summed E-state index contributed by atoms with van der Waals surface area (Å²) in [7, 11) is 0. The van der Waals surface area contributed by atoms with Gasteiger partial charge in [0.15, 0.2) is 0 Å². The van der Waals surface area contributed by atoms with E-state index in [-0.39, 0.29) is 17.6 Å². The monoisotopic (exact) mass is 333 g/mol. The number of aromatic nitrogens is 2. The molecule has 1 aromatic heterocycles. The third-order valence-electron chi connectivity index (χ3n) is 4.42. The van der Waals surface area contributed by atoms with Crippen molar-refractivity contribution >= 4 is 28.5 Å². The summed E-state index contributed by atoms with van der Waals surface area (Å²) < 4.78 is 1.80. The number of carbonyl (C=O) groups is 1. The minimum Gasteiger partial charge on any atom is -0.343 e. The lowest BCUT2D eigenvalue weighted by molar-refractivity contribution is -0.132. The second-order valence-corrected chi connectivity index (χ2v) is 6.34. The predicted octanol–water partition coefficient (Wildman–Crippen LogP) is 3.11. The first-order valence-corrected chi connectivity index (χ1v) is 8.26. The first-order chi connectivity index (χ1) is 11.1. The highest BCUT2D eigenvalue weighted by Gasteiger charge is 2.25. The molecule has 1 amide bonds. The number of hydrogen-bond donors (Lipinski definition) is 1. The first kappa shape index (κ1) is 15.9. The zero-order chi connectivity index (χ0) is 16.4. The number of allylic oxidation sites excluding steroid dienone is 1. The van der Waals surface area contributed by atoms with Crippen molar-refractivity contribution in [1.29, 1.82) is 0 Å². The maximum Gasteiger partial charge on any atom is 0.326 e. The summed E-state index contributed by atoms with van der Waals surface area (Å²) in [5, 5.41) is 0.605. The van der Waals surface area contributed by atoms with E-state index in [9.17, 15) is 9.59 Å². The fraction of sp³-hybridized carbons (Fsp3) is 0.412. The van der Waals surface area contributed by atoms with E-state index in [0.29, 0.717) is 31.0 Å². The van der Waals surface area contributed by atoms with Crippen LogP contribution in [-0.2, 0) is 4.79 Å². The summed E-state index contributed by atoms with van der Waals surface area (Å²) in [6, 6.07) is 5.54. The number of benzene rings is 1. The molecule has 0 unspecified atom stereocenters. The molecule has 0 atom stereocenters. The van der Waals surface area contributed by atoms with Crippen LogP contribution in [0.5, 0.6) is 0 Å². The lowest BCUT2D eigenvalue weighted by atomic mass is 10.0. The molecule has 1 saturated heterocycles. The van der Waals surface area contributed by atoms with Crippen LogP contribution in [0, 0.1) is 0 Å². The van der Waals surface area contributed by atoms with Gasteiger partial charge in [0.1, 0.15) is 0 Å². The topological polar surface area (TPSA) is 58.1 Å². The van der Waals surface area contributed by atoms with Crippen molar-refractivity contribution in [3.05, 3.63) is 46.4 Å². The lowest BCUT2D eigenvalue weighted by Gasteiger charge is -2.32. The highest BCUT2D eigenvalue weighted by molar-refractivity contribution is 6.31. The van der Waals surface area contributed by atoms with Gasteiger partial charge in [0.05, 0.1) is 11.0 Å². The van der Waals surface area contributed by atoms with Crippen LogP contribution in [0.2, 0.25) is 5.02 Å². The molecule has 0 saturated carbocycles. The van der Waals surface area contributed by atoms with Gasteiger partial charge in [-0.05, 0) is 37.5 Å². The van der Waals surface area contributed by atoms with Gasteiger partial charge < -0.3 is 9.88 Å². The van der Waals surface area contributed by atoms with Crippen molar-refractivity contribution in [2.24, 2.45) is 0 Å². The minimum atomic E-state index is -0.112. The molecule has 1 N–H and O–H groups in total. The fourth-order valence-corrected chi connectivity index (χ4v) is 3.40. The Morgan fingerprint density at radius 3 is 2.83 bits per heavy atom. The second kappa shape index (κ2) is 6.62. The van der Waals surface area contributed by atoms with Gasteiger partial charge in [-0.1, -0.05) is 17.7 Å². The van der Waals surface area contributed by atoms with Crippen LogP contribution >= 0.6 is 11.6 Å². The van der Waals surface area contributed by atoms with E-state index in [1.54, 1.807) is 22.8 Å². The van der Waals surface area contributed by atoms with E-state index in [1.165, 1.54) is 0 Å². The van der Waals surface area contributed by atoms with E-state index in [2.05, 4.69) is 11.6 Å². The predicted molar refractivity (Wildman–Crippen MR) is 91.9 cm³/mol. The van der Waals surface area contributed by atoms with Crippen molar-refractivity contribution in [1.82, 2.24) is 14.5 Å². The number of H-pyrrole nitrogens is 1. The number of imidazole rings is 1. The van der Waals surface area contributed by atoms with Crippen LogP contribution in [0.15, 0.2) is 35.6 Å². The molecule has 1 aromatic carbocycles. The van der Waals surface area contributed by atoms with Crippen LogP contribution in [0.3, 0.4) is 0 Å². The van der Waals surface area contributed by atoms with Crippen LogP contribution in [-0.4, -0.2) is 33.4 Å². The van der Waals surface area contributed by atoms with Gasteiger partial charge in [-0.2, -0.15) is 0 Å². The zero-order valence-corrected chi connectivity index (χ0v) is 13.7. The number of rotatable bonds is 4. The first-order valence-electron chi connectivity index (χ1n) is 7.88. The largest absolute Gasteiger partial charge is 0.343 e. The Bertz CT molecular complexity index is 785. The number of nitrogens with zero attached hydrogens (tertiary/aromatic N) is 2. The van der Waals surface area contributed by atoms with Gasteiger partial charge in [-0.15, -0.1) is 6.58 Å². The Morgan fingerprint density at radius 2 is 2.13 bits per heavy atom. The van der Waals surface area contributed by atoms with Crippen molar-refractivity contribution in [2.75, 3.05) is 13.1 Å². The molecule has 2 aromatic rings. The molecule has 6 heteroatoms. The van der Waals surface area contributed by atoms with Crippen molar-refractivity contribution in [2.45, 2.75) is 31.7 Å². The Kier molecular flexibility index (Phi) is 4.57. The maximum atomic E-state index is 12.3.